The molecule has 1 unspecified atom stereocenters. The van der Waals surface area contributed by atoms with Crippen molar-refractivity contribution in [1.82, 2.24) is 10.6 Å². The summed E-state index contributed by atoms with van der Waals surface area (Å²) in [6.07, 6.45) is 3.08. The first-order valence-electron chi connectivity index (χ1n) is 7.73. The summed E-state index contributed by atoms with van der Waals surface area (Å²) in [5, 5.41) is 8.76. The Balaban J connectivity index is 1.81. The van der Waals surface area contributed by atoms with Crippen molar-refractivity contribution in [3.63, 3.8) is 0 Å². The number of piperidine rings is 1. The van der Waals surface area contributed by atoms with Crippen molar-refractivity contribution in [2.75, 3.05) is 25.0 Å². The highest BCUT2D eigenvalue weighted by Gasteiger charge is 2.20. The van der Waals surface area contributed by atoms with Crippen molar-refractivity contribution < 1.29 is 14.3 Å². The first kappa shape index (κ1) is 16.3. The normalized spacial score (nSPS) is 17.6. The maximum atomic E-state index is 12.1. The summed E-state index contributed by atoms with van der Waals surface area (Å²) in [6, 6.07) is 6.91. The predicted octanol–water partition coefficient (Wildman–Crippen LogP) is 1.28. The first-order valence-corrected chi connectivity index (χ1v) is 7.73. The Labute approximate surface area is 130 Å². The summed E-state index contributed by atoms with van der Waals surface area (Å²) in [7, 11) is 0. The van der Waals surface area contributed by atoms with Crippen molar-refractivity contribution in [3.8, 4) is 5.75 Å². The highest BCUT2D eigenvalue weighted by atomic mass is 16.5. The molecule has 1 aliphatic heterocycles. The molecule has 1 aromatic carbocycles. The number of carbonyl (C=O) groups excluding carboxylic acids is 2. The smallest absolute Gasteiger partial charge is 0.257 e. The largest absolute Gasteiger partial charge is 0.484 e. The Kier molecular flexibility index (Phi) is 6.21. The van der Waals surface area contributed by atoms with Crippen LogP contribution in [-0.2, 0) is 9.59 Å². The summed E-state index contributed by atoms with van der Waals surface area (Å²) >= 11 is 0. The van der Waals surface area contributed by atoms with Gasteiger partial charge in [-0.25, -0.2) is 0 Å². The maximum absolute atomic E-state index is 12.1. The van der Waals surface area contributed by atoms with E-state index >= 15 is 0 Å². The second-order valence-corrected chi connectivity index (χ2v) is 5.26. The minimum absolute atomic E-state index is 0.00399. The van der Waals surface area contributed by atoms with Gasteiger partial charge in [0.25, 0.3) is 5.91 Å². The number of rotatable bonds is 6. The minimum atomic E-state index is -0.150. The summed E-state index contributed by atoms with van der Waals surface area (Å²) in [5.41, 5.74) is 0.725. The molecule has 1 heterocycles. The van der Waals surface area contributed by atoms with E-state index in [1.165, 1.54) is 0 Å². The zero-order valence-electron chi connectivity index (χ0n) is 12.9. The number of carbonyl (C=O) groups is 2. The summed E-state index contributed by atoms with van der Waals surface area (Å²) in [6.45, 7) is 3.33. The van der Waals surface area contributed by atoms with Gasteiger partial charge < -0.3 is 20.7 Å². The summed E-state index contributed by atoms with van der Waals surface area (Å²) < 4.78 is 5.36. The third-order valence-corrected chi connectivity index (χ3v) is 3.49. The van der Waals surface area contributed by atoms with E-state index in [9.17, 15) is 9.59 Å². The molecular formula is C16H23N3O3. The lowest BCUT2D eigenvalue weighted by Crippen LogP contribution is -2.43. The van der Waals surface area contributed by atoms with Crippen LogP contribution in [0.15, 0.2) is 24.3 Å². The molecule has 2 amide bonds. The van der Waals surface area contributed by atoms with Crippen LogP contribution in [-0.4, -0.2) is 37.6 Å². The van der Waals surface area contributed by atoms with Crippen LogP contribution < -0.4 is 20.7 Å². The number of hydrogen-bond acceptors (Lipinski definition) is 4. The van der Waals surface area contributed by atoms with Gasteiger partial charge in [0.2, 0.25) is 5.91 Å². The maximum Gasteiger partial charge on any atom is 0.257 e. The highest BCUT2D eigenvalue weighted by molar-refractivity contribution is 5.94. The molecule has 1 atom stereocenters. The summed E-state index contributed by atoms with van der Waals surface area (Å²) in [5.74, 6) is 0.444. The molecule has 2 rings (SSSR count). The van der Waals surface area contributed by atoms with Crippen LogP contribution in [0.25, 0.3) is 0 Å². The Morgan fingerprint density at radius 3 is 2.68 bits per heavy atom. The molecule has 1 saturated heterocycles. The lowest BCUT2D eigenvalue weighted by Gasteiger charge is -2.22. The molecule has 0 saturated carbocycles. The zero-order valence-corrected chi connectivity index (χ0v) is 12.9. The van der Waals surface area contributed by atoms with Gasteiger partial charge in [0, 0.05) is 12.2 Å². The van der Waals surface area contributed by atoms with Crippen LogP contribution in [0.4, 0.5) is 5.69 Å². The lowest BCUT2D eigenvalue weighted by atomic mass is 10.0. The number of benzene rings is 1. The fourth-order valence-electron chi connectivity index (χ4n) is 2.34. The quantitative estimate of drug-likeness (QED) is 0.740. The van der Waals surface area contributed by atoms with E-state index in [1.54, 1.807) is 24.3 Å². The Morgan fingerprint density at radius 1 is 1.27 bits per heavy atom. The molecule has 1 aromatic rings. The van der Waals surface area contributed by atoms with Crippen LogP contribution in [0.2, 0.25) is 0 Å². The molecule has 6 heteroatoms. The molecule has 0 radical (unpaired) electrons. The second kappa shape index (κ2) is 8.38. The lowest BCUT2D eigenvalue weighted by molar-refractivity contribution is -0.123. The number of anilines is 1. The summed E-state index contributed by atoms with van der Waals surface area (Å²) in [4.78, 5) is 23.4. The second-order valence-electron chi connectivity index (χ2n) is 5.26. The van der Waals surface area contributed by atoms with Crippen LogP contribution in [0.5, 0.6) is 5.75 Å². The Morgan fingerprint density at radius 2 is 2.05 bits per heavy atom. The van der Waals surface area contributed by atoms with Crippen molar-refractivity contribution in [2.45, 2.75) is 32.2 Å². The fourth-order valence-corrected chi connectivity index (χ4v) is 2.34. The number of likely N-dealkylation sites (N-methyl/N-ethyl adjacent to an activating group) is 1. The third kappa shape index (κ3) is 5.04. The molecule has 1 fully saturated rings. The van der Waals surface area contributed by atoms with Gasteiger partial charge in [-0.3, -0.25) is 9.59 Å². The first-order chi connectivity index (χ1) is 10.7. The molecule has 120 valence electrons. The van der Waals surface area contributed by atoms with Crippen LogP contribution in [0.3, 0.4) is 0 Å². The van der Waals surface area contributed by atoms with E-state index in [1.807, 2.05) is 6.92 Å². The number of amides is 2. The topological polar surface area (TPSA) is 79.5 Å². The number of hydrogen-bond donors (Lipinski definition) is 3. The van der Waals surface area contributed by atoms with E-state index in [0.717, 1.165) is 31.5 Å². The van der Waals surface area contributed by atoms with E-state index < -0.39 is 0 Å². The van der Waals surface area contributed by atoms with Crippen molar-refractivity contribution in [2.24, 2.45) is 0 Å². The van der Waals surface area contributed by atoms with Gasteiger partial charge in [-0.15, -0.1) is 0 Å². The molecule has 0 bridgehead atoms. The van der Waals surface area contributed by atoms with E-state index in [-0.39, 0.29) is 24.5 Å². The molecule has 1 aliphatic rings. The van der Waals surface area contributed by atoms with E-state index in [2.05, 4.69) is 16.0 Å². The van der Waals surface area contributed by atoms with Crippen LogP contribution in [0.1, 0.15) is 26.2 Å². The van der Waals surface area contributed by atoms with E-state index in [0.29, 0.717) is 12.3 Å². The molecule has 3 N–H and O–H groups in total. The molecule has 22 heavy (non-hydrogen) atoms. The zero-order chi connectivity index (χ0) is 15.8. The van der Waals surface area contributed by atoms with Gasteiger partial charge in [0.05, 0.1) is 6.04 Å². The minimum Gasteiger partial charge on any atom is -0.484 e. The Bertz CT molecular complexity index is 496. The Hall–Kier alpha value is -2.08. The van der Waals surface area contributed by atoms with Crippen molar-refractivity contribution in [1.29, 1.82) is 0 Å². The average molecular weight is 305 g/mol. The van der Waals surface area contributed by atoms with Gasteiger partial charge in [0.15, 0.2) is 6.61 Å². The van der Waals surface area contributed by atoms with Crippen LogP contribution in [0, 0.1) is 0 Å². The molecule has 6 nitrogen and oxygen atoms in total. The number of ether oxygens (including phenoxy) is 1. The van der Waals surface area contributed by atoms with Gasteiger partial charge in [-0.1, -0.05) is 6.42 Å². The highest BCUT2D eigenvalue weighted by Crippen LogP contribution is 2.17. The van der Waals surface area contributed by atoms with Gasteiger partial charge in [0.1, 0.15) is 5.75 Å². The third-order valence-electron chi connectivity index (χ3n) is 3.49. The van der Waals surface area contributed by atoms with Gasteiger partial charge in [-0.2, -0.15) is 0 Å². The van der Waals surface area contributed by atoms with Gasteiger partial charge >= 0.3 is 0 Å². The fraction of sp³-hybridized carbons (Fsp3) is 0.500. The predicted molar refractivity (Wildman–Crippen MR) is 84.9 cm³/mol. The molecular weight excluding hydrogens is 282 g/mol. The van der Waals surface area contributed by atoms with Crippen molar-refractivity contribution in [3.05, 3.63) is 24.3 Å². The molecule has 0 aromatic heterocycles. The van der Waals surface area contributed by atoms with Crippen LogP contribution >= 0.6 is 0 Å². The standard InChI is InChI=1S/C16H23N3O3/c1-2-17-15(20)11-22-13-8-6-12(7-9-13)19-16(21)14-5-3-4-10-18-14/h6-9,14,18H,2-5,10-11H2,1H3,(H,17,20)(H,19,21). The van der Waals surface area contributed by atoms with E-state index in [4.69, 9.17) is 4.74 Å². The van der Waals surface area contributed by atoms with Gasteiger partial charge in [-0.05, 0) is 50.6 Å². The molecule has 0 aliphatic carbocycles. The SMILES string of the molecule is CCNC(=O)COc1ccc(NC(=O)C2CCCCN2)cc1. The number of nitrogens with one attached hydrogen (secondary N) is 3. The average Bonchev–Trinajstić information content (AvgIpc) is 2.55. The van der Waals surface area contributed by atoms with Crippen molar-refractivity contribution >= 4 is 17.5 Å². The molecule has 0 spiro atoms. The monoisotopic (exact) mass is 305 g/mol.